The lowest BCUT2D eigenvalue weighted by Crippen LogP contribution is -2.26. The molecule has 0 unspecified atom stereocenters. The lowest BCUT2D eigenvalue weighted by atomic mass is 10.0. The molecule has 0 radical (unpaired) electrons. The van der Waals surface area contributed by atoms with Crippen LogP contribution in [0.4, 0.5) is 5.69 Å². The Bertz CT molecular complexity index is 709. The SMILES string of the molecule is CC1=NN(c2ccccc2)C(=O)[C@@H]1/C=C1\SC(N)=NC1=O. The van der Waals surface area contributed by atoms with Crippen LogP contribution in [-0.2, 0) is 9.59 Å². The first kappa shape index (κ1) is 13.6. The molecule has 0 saturated carbocycles. The molecular weight excluding hydrogens is 288 g/mol. The Balaban J connectivity index is 1.87. The zero-order valence-electron chi connectivity index (χ0n) is 11.2. The summed E-state index contributed by atoms with van der Waals surface area (Å²) in [6.45, 7) is 1.76. The maximum absolute atomic E-state index is 12.5. The average molecular weight is 300 g/mol. The van der Waals surface area contributed by atoms with E-state index in [9.17, 15) is 9.59 Å². The Hall–Kier alpha value is -2.41. The lowest BCUT2D eigenvalue weighted by Gasteiger charge is -2.12. The van der Waals surface area contributed by atoms with Gasteiger partial charge in [-0.25, -0.2) is 0 Å². The van der Waals surface area contributed by atoms with E-state index < -0.39 is 11.8 Å². The fourth-order valence-corrected chi connectivity index (χ4v) is 2.81. The van der Waals surface area contributed by atoms with Gasteiger partial charge in [0.15, 0.2) is 5.17 Å². The third kappa shape index (κ3) is 2.47. The molecule has 6 nitrogen and oxygen atoms in total. The van der Waals surface area contributed by atoms with Gasteiger partial charge in [0.2, 0.25) is 0 Å². The minimum Gasteiger partial charge on any atom is -0.378 e. The first-order valence-corrected chi connectivity index (χ1v) is 7.10. The highest BCUT2D eigenvalue weighted by molar-refractivity contribution is 8.18. The zero-order chi connectivity index (χ0) is 15.0. The number of benzene rings is 1. The summed E-state index contributed by atoms with van der Waals surface area (Å²) in [4.78, 5) is 28.1. The minimum absolute atomic E-state index is 0.190. The second kappa shape index (κ2) is 5.17. The van der Waals surface area contributed by atoms with E-state index in [1.54, 1.807) is 25.1 Å². The number of amidine groups is 1. The molecule has 0 saturated heterocycles. The fourth-order valence-electron chi connectivity index (χ4n) is 2.12. The molecule has 0 aromatic heterocycles. The molecule has 1 aromatic rings. The number of aliphatic imine (C=N–C) groups is 1. The van der Waals surface area contributed by atoms with Crippen LogP contribution in [0.2, 0.25) is 0 Å². The highest BCUT2D eigenvalue weighted by atomic mass is 32.2. The third-order valence-corrected chi connectivity index (χ3v) is 3.97. The number of hydrogen-bond acceptors (Lipinski definition) is 5. The van der Waals surface area contributed by atoms with Crippen LogP contribution in [0, 0.1) is 5.92 Å². The summed E-state index contributed by atoms with van der Waals surface area (Å²) in [5.74, 6) is -1.15. The maximum atomic E-state index is 12.5. The molecule has 0 spiro atoms. The molecule has 1 atom stereocenters. The molecule has 106 valence electrons. The van der Waals surface area contributed by atoms with Crippen LogP contribution in [-0.4, -0.2) is 22.7 Å². The van der Waals surface area contributed by atoms with Crippen molar-refractivity contribution in [3.05, 3.63) is 41.3 Å². The average Bonchev–Trinajstić information content (AvgIpc) is 2.93. The molecule has 0 fully saturated rings. The Kier molecular flexibility index (Phi) is 3.34. The summed E-state index contributed by atoms with van der Waals surface area (Å²) in [6.07, 6.45) is 1.58. The van der Waals surface area contributed by atoms with Gasteiger partial charge in [0, 0.05) is 0 Å². The summed E-state index contributed by atoms with van der Waals surface area (Å²) >= 11 is 1.08. The van der Waals surface area contributed by atoms with Gasteiger partial charge >= 0.3 is 0 Å². The van der Waals surface area contributed by atoms with E-state index in [4.69, 9.17) is 5.73 Å². The number of anilines is 1. The van der Waals surface area contributed by atoms with Crippen LogP contribution < -0.4 is 10.7 Å². The minimum atomic E-state index is -0.558. The first-order valence-electron chi connectivity index (χ1n) is 6.28. The van der Waals surface area contributed by atoms with Crippen molar-refractivity contribution in [2.75, 3.05) is 5.01 Å². The smallest absolute Gasteiger partial charge is 0.285 e. The van der Waals surface area contributed by atoms with Crippen molar-refractivity contribution in [3.8, 4) is 0 Å². The standard InChI is InChI=1S/C14H12N4O2S/c1-8-10(7-11-12(19)16-14(15)21-11)13(20)18(17-8)9-5-3-2-4-6-9/h2-7,10H,1H3,(H2,15,16,19)/b11-7-/t10-/m1/s1. The molecule has 2 aliphatic rings. The maximum Gasteiger partial charge on any atom is 0.285 e. The van der Waals surface area contributed by atoms with Crippen molar-refractivity contribution in [1.82, 2.24) is 0 Å². The number of para-hydroxylation sites is 1. The molecule has 2 N–H and O–H groups in total. The molecule has 3 rings (SSSR count). The van der Waals surface area contributed by atoms with E-state index in [0.29, 0.717) is 16.3 Å². The normalized spacial score (nSPS) is 23.8. The number of hydrogen-bond donors (Lipinski definition) is 1. The third-order valence-electron chi connectivity index (χ3n) is 3.14. The molecule has 2 heterocycles. The van der Waals surface area contributed by atoms with Gasteiger partial charge < -0.3 is 5.73 Å². The molecule has 21 heavy (non-hydrogen) atoms. The number of amides is 2. The van der Waals surface area contributed by atoms with Crippen LogP contribution in [0.3, 0.4) is 0 Å². The van der Waals surface area contributed by atoms with Crippen molar-refractivity contribution in [2.24, 2.45) is 21.7 Å². The van der Waals surface area contributed by atoms with Crippen molar-refractivity contribution < 1.29 is 9.59 Å². The first-order chi connectivity index (χ1) is 10.1. The number of carbonyl (C=O) groups is 2. The predicted octanol–water partition coefficient (Wildman–Crippen LogP) is 1.50. The Labute approximate surface area is 125 Å². The van der Waals surface area contributed by atoms with Gasteiger partial charge in [0.25, 0.3) is 11.8 Å². The second-order valence-corrected chi connectivity index (χ2v) is 5.66. The van der Waals surface area contributed by atoms with Gasteiger partial charge in [-0.2, -0.15) is 15.1 Å². The van der Waals surface area contributed by atoms with E-state index in [1.165, 1.54) is 5.01 Å². The van der Waals surface area contributed by atoms with Crippen molar-refractivity contribution >= 4 is 40.1 Å². The molecule has 2 amide bonds. The number of nitrogens with zero attached hydrogens (tertiary/aromatic N) is 3. The van der Waals surface area contributed by atoms with E-state index in [2.05, 4.69) is 10.1 Å². The van der Waals surface area contributed by atoms with Crippen LogP contribution in [0.25, 0.3) is 0 Å². The summed E-state index contributed by atoms with van der Waals surface area (Å²) in [6, 6.07) is 9.16. The molecule has 2 aliphatic heterocycles. The van der Waals surface area contributed by atoms with E-state index in [0.717, 1.165) is 11.8 Å². The van der Waals surface area contributed by atoms with Gasteiger partial charge in [0.05, 0.1) is 22.2 Å². The summed E-state index contributed by atoms with van der Waals surface area (Å²) in [7, 11) is 0. The van der Waals surface area contributed by atoms with Gasteiger partial charge in [-0.15, -0.1) is 0 Å². The van der Waals surface area contributed by atoms with Crippen molar-refractivity contribution in [3.63, 3.8) is 0 Å². The summed E-state index contributed by atoms with van der Waals surface area (Å²) < 4.78 is 0. The summed E-state index contributed by atoms with van der Waals surface area (Å²) in [5.41, 5.74) is 6.84. The molecular formula is C14H12N4O2S. The fraction of sp³-hybridized carbons (Fsp3) is 0.143. The van der Waals surface area contributed by atoms with Crippen LogP contribution in [0.1, 0.15) is 6.92 Å². The second-order valence-electron chi connectivity index (χ2n) is 4.59. The largest absolute Gasteiger partial charge is 0.378 e. The van der Waals surface area contributed by atoms with E-state index in [-0.39, 0.29) is 11.1 Å². The van der Waals surface area contributed by atoms with Gasteiger partial charge in [0.1, 0.15) is 0 Å². The zero-order valence-corrected chi connectivity index (χ0v) is 12.0. The monoisotopic (exact) mass is 300 g/mol. The molecule has 0 bridgehead atoms. The Morgan fingerprint density at radius 2 is 2.00 bits per heavy atom. The number of thioether (sulfide) groups is 1. The molecule has 7 heteroatoms. The van der Waals surface area contributed by atoms with Crippen molar-refractivity contribution in [2.45, 2.75) is 6.92 Å². The topological polar surface area (TPSA) is 88.1 Å². The quantitative estimate of drug-likeness (QED) is 0.838. The van der Waals surface area contributed by atoms with Crippen LogP contribution in [0.5, 0.6) is 0 Å². The van der Waals surface area contributed by atoms with E-state index >= 15 is 0 Å². The van der Waals surface area contributed by atoms with Gasteiger partial charge in [-0.1, -0.05) is 18.2 Å². The highest BCUT2D eigenvalue weighted by Crippen LogP contribution is 2.30. The molecule has 1 aromatic carbocycles. The summed E-state index contributed by atoms with van der Waals surface area (Å²) in [5, 5.41) is 5.83. The number of nitrogens with two attached hydrogens (primary N) is 1. The lowest BCUT2D eigenvalue weighted by molar-refractivity contribution is -0.118. The number of carbonyl (C=O) groups excluding carboxylic acids is 2. The van der Waals surface area contributed by atoms with E-state index in [1.807, 2.05) is 18.2 Å². The van der Waals surface area contributed by atoms with Gasteiger partial charge in [-0.05, 0) is 36.9 Å². The van der Waals surface area contributed by atoms with Crippen LogP contribution in [0.15, 0.2) is 51.4 Å². The van der Waals surface area contributed by atoms with Gasteiger partial charge in [-0.3, -0.25) is 9.59 Å². The number of rotatable bonds is 2. The Morgan fingerprint density at radius 3 is 2.62 bits per heavy atom. The van der Waals surface area contributed by atoms with Crippen molar-refractivity contribution in [1.29, 1.82) is 0 Å². The van der Waals surface area contributed by atoms with Crippen LogP contribution >= 0.6 is 11.8 Å². The highest BCUT2D eigenvalue weighted by Gasteiger charge is 2.34. The molecule has 0 aliphatic carbocycles. The number of hydrazone groups is 1. The Morgan fingerprint density at radius 1 is 1.29 bits per heavy atom. The predicted molar refractivity (Wildman–Crippen MR) is 82.8 cm³/mol.